The Morgan fingerprint density at radius 3 is 2.74 bits per heavy atom. The first-order valence-corrected chi connectivity index (χ1v) is 8.49. The molecule has 3 aromatic rings. The van der Waals surface area contributed by atoms with Crippen LogP contribution in [0.4, 0.5) is 4.39 Å². The summed E-state index contributed by atoms with van der Waals surface area (Å²) in [5.41, 5.74) is 3.48. The van der Waals surface area contributed by atoms with Gasteiger partial charge in [0.05, 0.1) is 4.88 Å². The highest BCUT2D eigenvalue weighted by Gasteiger charge is 2.04. The van der Waals surface area contributed by atoms with Gasteiger partial charge < -0.3 is 5.32 Å². The molecule has 1 aromatic heterocycles. The number of halogens is 1. The van der Waals surface area contributed by atoms with Gasteiger partial charge >= 0.3 is 0 Å². The highest BCUT2D eigenvalue weighted by molar-refractivity contribution is 7.15. The SMILES string of the molecule is Cc1ccc(-c2cnc(CNCCc3cccc(F)c3)s2)cc1. The zero-order chi connectivity index (χ0) is 16.1. The number of thiazole rings is 1. The molecule has 0 saturated carbocycles. The number of aryl methyl sites for hydroxylation is 1. The maximum atomic E-state index is 13.1. The summed E-state index contributed by atoms with van der Waals surface area (Å²) in [6.45, 7) is 3.64. The number of hydrogen-bond donors (Lipinski definition) is 1. The van der Waals surface area contributed by atoms with Gasteiger partial charge in [-0.15, -0.1) is 11.3 Å². The first kappa shape index (κ1) is 15.8. The highest BCUT2D eigenvalue weighted by Crippen LogP contribution is 2.26. The Labute approximate surface area is 140 Å². The molecule has 3 rings (SSSR count). The molecular weight excluding hydrogens is 307 g/mol. The fourth-order valence-corrected chi connectivity index (χ4v) is 3.26. The summed E-state index contributed by atoms with van der Waals surface area (Å²) in [6, 6.07) is 15.2. The lowest BCUT2D eigenvalue weighted by atomic mass is 10.1. The molecule has 4 heteroatoms. The van der Waals surface area contributed by atoms with E-state index in [-0.39, 0.29) is 5.82 Å². The number of nitrogens with one attached hydrogen (secondary N) is 1. The van der Waals surface area contributed by atoms with E-state index >= 15 is 0 Å². The van der Waals surface area contributed by atoms with Gasteiger partial charge in [0, 0.05) is 12.7 Å². The molecule has 1 N–H and O–H groups in total. The molecule has 118 valence electrons. The van der Waals surface area contributed by atoms with Crippen molar-refractivity contribution < 1.29 is 4.39 Å². The number of aromatic nitrogens is 1. The molecule has 0 amide bonds. The third-order valence-corrected chi connectivity index (χ3v) is 4.69. The molecule has 0 saturated heterocycles. The standard InChI is InChI=1S/C19H19FN2S/c1-14-5-7-16(8-6-14)18-12-22-19(23-18)13-21-10-9-15-3-2-4-17(20)11-15/h2-8,11-12,21H,9-10,13H2,1H3. The molecule has 2 aromatic carbocycles. The van der Waals surface area contributed by atoms with E-state index in [1.807, 2.05) is 12.3 Å². The van der Waals surface area contributed by atoms with Crippen molar-refractivity contribution in [1.82, 2.24) is 10.3 Å². The van der Waals surface area contributed by atoms with E-state index in [2.05, 4.69) is 41.5 Å². The van der Waals surface area contributed by atoms with Crippen molar-refractivity contribution >= 4 is 11.3 Å². The normalized spacial score (nSPS) is 10.9. The first-order chi connectivity index (χ1) is 11.2. The molecule has 0 radical (unpaired) electrons. The second-order valence-electron chi connectivity index (χ2n) is 5.54. The molecular formula is C19H19FN2S. The van der Waals surface area contributed by atoms with Gasteiger partial charge in [-0.2, -0.15) is 0 Å². The van der Waals surface area contributed by atoms with Gasteiger partial charge in [0.15, 0.2) is 0 Å². The van der Waals surface area contributed by atoms with Crippen LogP contribution >= 0.6 is 11.3 Å². The Kier molecular flexibility index (Phi) is 5.16. The van der Waals surface area contributed by atoms with E-state index in [9.17, 15) is 4.39 Å². The molecule has 23 heavy (non-hydrogen) atoms. The summed E-state index contributed by atoms with van der Waals surface area (Å²) in [6.07, 6.45) is 2.74. The molecule has 0 aliphatic carbocycles. The fraction of sp³-hybridized carbons (Fsp3) is 0.211. The average Bonchev–Trinajstić information content (AvgIpc) is 3.01. The van der Waals surface area contributed by atoms with Gasteiger partial charge in [-0.25, -0.2) is 9.37 Å². The van der Waals surface area contributed by atoms with Crippen LogP contribution in [0.3, 0.4) is 0 Å². The fourth-order valence-electron chi connectivity index (χ4n) is 2.36. The molecule has 0 aliphatic rings. The van der Waals surface area contributed by atoms with Crippen LogP contribution in [-0.2, 0) is 13.0 Å². The topological polar surface area (TPSA) is 24.9 Å². The average molecular weight is 326 g/mol. The van der Waals surface area contributed by atoms with E-state index in [1.165, 1.54) is 22.1 Å². The Bertz CT molecular complexity index is 765. The van der Waals surface area contributed by atoms with Crippen LogP contribution in [0.25, 0.3) is 10.4 Å². The quantitative estimate of drug-likeness (QED) is 0.670. The van der Waals surface area contributed by atoms with Gasteiger partial charge in [0.2, 0.25) is 0 Å². The van der Waals surface area contributed by atoms with Crippen LogP contribution in [0.1, 0.15) is 16.1 Å². The third-order valence-electron chi connectivity index (χ3n) is 3.65. The van der Waals surface area contributed by atoms with Crippen LogP contribution in [0.5, 0.6) is 0 Å². The minimum absolute atomic E-state index is 0.176. The van der Waals surface area contributed by atoms with Crippen molar-refractivity contribution in [3.8, 4) is 10.4 Å². The molecule has 0 bridgehead atoms. The molecule has 0 atom stereocenters. The van der Waals surface area contributed by atoms with Crippen molar-refractivity contribution in [3.63, 3.8) is 0 Å². The minimum Gasteiger partial charge on any atom is -0.310 e. The molecule has 0 aliphatic heterocycles. The van der Waals surface area contributed by atoms with Crippen LogP contribution in [-0.4, -0.2) is 11.5 Å². The highest BCUT2D eigenvalue weighted by atomic mass is 32.1. The Balaban J connectivity index is 1.50. The Hall–Kier alpha value is -2.04. The summed E-state index contributed by atoms with van der Waals surface area (Å²) in [4.78, 5) is 5.66. The summed E-state index contributed by atoms with van der Waals surface area (Å²) in [5, 5.41) is 4.44. The molecule has 0 fully saturated rings. The summed E-state index contributed by atoms with van der Waals surface area (Å²) < 4.78 is 13.1. The van der Waals surface area contributed by atoms with E-state index < -0.39 is 0 Å². The summed E-state index contributed by atoms with van der Waals surface area (Å²) in [5.74, 6) is -0.176. The van der Waals surface area contributed by atoms with Crippen LogP contribution < -0.4 is 5.32 Å². The maximum absolute atomic E-state index is 13.1. The van der Waals surface area contributed by atoms with E-state index in [1.54, 1.807) is 23.5 Å². The zero-order valence-electron chi connectivity index (χ0n) is 13.1. The summed E-state index contributed by atoms with van der Waals surface area (Å²) in [7, 11) is 0. The Morgan fingerprint density at radius 2 is 1.96 bits per heavy atom. The lowest BCUT2D eigenvalue weighted by Gasteiger charge is -2.03. The van der Waals surface area contributed by atoms with Crippen LogP contribution in [0.2, 0.25) is 0 Å². The Morgan fingerprint density at radius 1 is 1.13 bits per heavy atom. The van der Waals surface area contributed by atoms with Gasteiger partial charge in [0.25, 0.3) is 0 Å². The number of hydrogen-bond acceptors (Lipinski definition) is 3. The van der Waals surface area contributed by atoms with Crippen molar-refractivity contribution in [2.75, 3.05) is 6.54 Å². The maximum Gasteiger partial charge on any atom is 0.123 e. The van der Waals surface area contributed by atoms with Crippen molar-refractivity contribution in [2.24, 2.45) is 0 Å². The minimum atomic E-state index is -0.176. The third kappa shape index (κ3) is 4.47. The van der Waals surface area contributed by atoms with E-state index in [0.29, 0.717) is 0 Å². The van der Waals surface area contributed by atoms with Gasteiger partial charge in [-0.3, -0.25) is 0 Å². The molecule has 1 heterocycles. The van der Waals surface area contributed by atoms with Gasteiger partial charge in [-0.05, 0) is 43.1 Å². The van der Waals surface area contributed by atoms with Crippen molar-refractivity contribution in [2.45, 2.75) is 19.9 Å². The lowest BCUT2D eigenvalue weighted by molar-refractivity contribution is 0.622. The number of rotatable bonds is 6. The second-order valence-corrected chi connectivity index (χ2v) is 6.66. The molecule has 0 spiro atoms. The van der Waals surface area contributed by atoms with E-state index in [4.69, 9.17) is 0 Å². The second kappa shape index (κ2) is 7.49. The number of benzene rings is 2. The van der Waals surface area contributed by atoms with E-state index in [0.717, 1.165) is 30.1 Å². The van der Waals surface area contributed by atoms with Gasteiger partial charge in [-0.1, -0.05) is 42.0 Å². The van der Waals surface area contributed by atoms with Crippen LogP contribution in [0, 0.1) is 12.7 Å². The van der Waals surface area contributed by atoms with Gasteiger partial charge in [0.1, 0.15) is 10.8 Å². The summed E-state index contributed by atoms with van der Waals surface area (Å²) >= 11 is 1.71. The monoisotopic (exact) mass is 326 g/mol. The zero-order valence-corrected chi connectivity index (χ0v) is 13.9. The molecule has 2 nitrogen and oxygen atoms in total. The lowest BCUT2D eigenvalue weighted by Crippen LogP contribution is -2.16. The smallest absolute Gasteiger partial charge is 0.123 e. The predicted molar refractivity (Wildman–Crippen MR) is 94.1 cm³/mol. The van der Waals surface area contributed by atoms with Crippen molar-refractivity contribution in [1.29, 1.82) is 0 Å². The first-order valence-electron chi connectivity index (χ1n) is 7.67. The molecule has 0 unspecified atom stereocenters. The number of nitrogens with zero attached hydrogens (tertiary/aromatic N) is 1. The predicted octanol–water partition coefficient (Wildman–Crippen LogP) is 4.59. The van der Waals surface area contributed by atoms with Crippen LogP contribution in [0.15, 0.2) is 54.7 Å². The van der Waals surface area contributed by atoms with Crippen molar-refractivity contribution in [3.05, 3.63) is 76.7 Å². The largest absolute Gasteiger partial charge is 0.310 e.